The van der Waals surface area contributed by atoms with Gasteiger partial charge in [0.25, 0.3) is 0 Å². The highest BCUT2D eigenvalue weighted by atomic mass is 32.1. The fraction of sp³-hybridized carbons (Fsp3) is 0.500. The molecule has 0 bridgehead atoms. The van der Waals surface area contributed by atoms with Gasteiger partial charge in [-0.25, -0.2) is 9.59 Å². The number of carboxylic acid groups (broad SMARTS) is 1. The standard InChI is InChI=1S/C12H18N2O3S/c1-2-3-10(11(15)16)14-12(17)13-6-4-9-5-7-18-8-9/h5,7-8,10H,2-4,6H2,1H3,(H,15,16)(H2,13,14,17)/t10-/m1/s1. The number of amides is 2. The molecule has 18 heavy (non-hydrogen) atoms. The first kappa shape index (κ1) is 14.5. The van der Waals surface area contributed by atoms with Crippen LogP contribution in [-0.2, 0) is 11.2 Å². The largest absolute Gasteiger partial charge is 0.480 e. The van der Waals surface area contributed by atoms with Crippen LogP contribution in [0, 0.1) is 0 Å². The van der Waals surface area contributed by atoms with Crippen LogP contribution in [0.1, 0.15) is 25.3 Å². The maximum absolute atomic E-state index is 11.5. The zero-order valence-electron chi connectivity index (χ0n) is 10.3. The summed E-state index contributed by atoms with van der Waals surface area (Å²) in [5, 5.41) is 18.0. The van der Waals surface area contributed by atoms with Gasteiger partial charge in [-0.15, -0.1) is 0 Å². The van der Waals surface area contributed by atoms with Crippen molar-refractivity contribution >= 4 is 23.3 Å². The van der Waals surface area contributed by atoms with Gasteiger partial charge in [-0.2, -0.15) is 11.3 Å². The van der Waals surface area contributed by atoms with E-state index in [4.69, 9.17) is 5.11 Å². The average Bonchev–Trinajstić information content (AvgIpc) is 2.81. The number of carbonyl (C=O) groups is 2. The molecule has 100 valence electrons. The molecule has 0 aromatic carbocycles. The normalized spacial score (nSPS) is 11.8. The summed E-state index contributed by atoms with van der Waals surface area (Å²) in [5.74, 6) is -0.996. The summed E-state index contributed by atoms with van der Waals surface area (Å²) in [7, 11) is 0. The quantitative estimate of drug-likeness (QED) is 0.707. The highest BCUT2D eigenvalue weighted by Gasteiger charge is 2.18. The summed E-state index contributed by atoms with van der Waals surface area (Å²) in [6.45, 7) is 2.38. The zero-order chi connectivity index (χ0) is 13.4. The Balaban J connectivity index is 2.25. The molecule has 1 aromatic heterocycles. The van der Waals surface area contributed by atoms with Crippen LogP contribution in [0.5, 0.6) is 0 Å². The van der Waals surface area contributed by atoms with Crippen molar-refractivity contribution < 1.29 is 14.7 Å². The second kappa shape index (κ2) is 7.71. The van der Waals surface area contributed by atoms with E-state index >= 15 is 0 Å². The third-order valence-electron chi connectivity index (χ3n) is 2.46. The molecule has 0 saturated carbocycles. The molecule has 6 heteroatoms. The Hall–Kier alpha value is -1.56. The first-order valence-electron chi connectivity index (χ1n) is 5.91. The first-order chi connectivity index (χ1) is 8.63. The van der Waals surface area contributed by atoms with Crippen LogP contribution in [0.15, 0.2) is 16.8 Å². The van der Waals surface area contributed by atoms with E-state index in [1.54, 1.807) is 11.3 Å². The maximum Gasteiger partial charge on any atom is 0.326 e. The van der Waals surface area contributed by atoms with E-state index < -0.39 is 18.0 Å². The van der Waals surface area contributed by atoms with Gasteiger partial charge in [-0.3, -0.25) is 0 Å². The molecule has 0 unspecified atom stereocenters. The Bertz CT molecular complexity index is 379. The Morgan fingerprint density at radius 2 is 2.28 bits per heavy atom. The lowest BCUT2D eigenvalue weighted by Gasteiger charge is -2.14. The van der Waals surface area contributed by atoms with Crippen molar-refractivity contribution in [1.82, 2.24) is 10.6 Å². The van der Waals surface area contributed by atoms with E-state index in [-0.39, 0.29) is 0 Å². The minimum absolute atomic E-state index is 0.425. The van der Waals surface area contributed by atoms with Crippen LogP contribution < -0.4 is 10.6 Å². The molecule has 0 saturated heterocycles. The molecule has 3 N–H and O–H groups in total. The van der Waals surface area contributed by atoms with Gasteiger partial charge in [0, 0.05) is 6.54 Å². The molecule has 1 heterocycles. The molecule has 0 radical (unpaired) electrons. The summed E-state index contributed by atoms with van der Waals surface area (Å²) >= 11 is 1.61. The monoisotopic (exact) mass is 270 g/mol. The molecule has 0 fully saturated rings. The van der Waals surface area contributed by atoms with Crippen molar-refractivity contribution in [1.29, 1.82) is 0 Å². The fourth-order valence-corrected chi connectivity index (χ4v) is 2.21. The van der Waals surface area contributed by atoms with Gasteiger partial charge < -0.3 is 15.7 Å². The molecule has 2 amide bonds. The molecule has 0 aliphatic rings. The second-order valence-electron chi connectivity index (χ2n) is 3.96. The van der Waals surface area contributed by atoms with Gasteiger partial charge in [0.2, 0.25) is 0 Å². The summed E-state index contributed by atoms with van der Waals surface area (Å²) < 4.78 is 0. The predicted molar refractivity (Wildman–Crippen MR) is 70.9 cm³/mol. The van der Waals surface area contributed by atoms with Gasteiger partial charge in [0.1, 0.15) is 6.04 Å². The average molecular weight is 270 g/mol. The summed E-state index contributed by atoms with van der Waals surface area (Å²) in [6, 6.07) is 0.767. The molecule has 5 nitrogen and oxygen atoms in total. The highest BCUT2D eigenvalue weighted by molar-refractivity contribution is 7.07. The van der Waals surface area contributed by atoms with Gasteiger partial charge >= 0.3 is 12.0 Å². The highest BCUT2D eigenvalue weighted by Crippen LogP contribution is 2.05. The first-order valence-corrected chi connectivity index (χ1v) is 6.86. The number of aliphatic carboxylic acids is 1. The lowest BCUT2D eigenvalue weighted by atomic mass is 10.2. The number of hydrogen-bond donors (Lipinski definition) is 3. The Labute approximate surface area is 110 Å². The van der Waals surface area contributed by atoms with Crippen molar-refractivity contribution in [2.24, 2.45) is 0 Å². The number of urea groups is 1. The van der Waals surface area contributed by atoms with E-state index in [9.17, 15) is 9.59 Å². The molecule has 1 aromatic rings. The van der Waals surface area contributed by atoms with E-state index in [1.165, 1.54) is 5.56 Å². The van der Waals surface area contributed by atoms with Crippen LogP contribution >= 0.6 is 11.3 Å². The number of thiophene rings is 1. The topological polar surface area (TPSA) is 78.4 Å². The number of hydrogen-bond acceptors (Lipinski definition) is 3. The lowest BCUT2D eigenvalue weighted by molar-refractivity contribution is -0.139. The maximum atomic E-state index is 11.5. The van der Waals surface area contributed by atoms with Gasteiger partial charge in [0.15, 0.2) is 0 Å². The number of carbonyl (C=O) groups excluding carboxylic acids is 1. The van der Waals surface area contributed by atoms with Crippen molar-refractivity contribution in [3.8, 4) is 0 Å². The third kappa shape index (κ3) is 5.18. The van der Waals surface area contributed by atoms with Crippen LogP contribution in [0.2, 0.25) is 0 Å². The predicted octanol–water partition coefficient (Wildman–Crippen LogP) is 1.84. The SMILES string of the molecule is CCC[C@@H](NC(=O)NCCc1ccsc1)C(=O)O. The van der Waals surface area contributed by atoms with Crippen LogP contribution in [0.25, 0.3) is 0 Å². The number of carboxylic acids is 1. The van der Waals surface area contributed by atoms with Gasteiger partial charge in [-0.05, 0) is 35.2 Å². The van der Waals surface area contributed by atoms with Crippen molar-refractivity contribution in [2.75, 3.05) is 6.54 Å². The summed E-state index contributed by atoms with van der Waals surface area (Å²) in [4.78, 5) is 22.3. The molecule has 1 atom stereocenters. The fourth-order valence-electron chi connectivity index (χ4n) is 1.51. The van der Waals surface area contributed by atoms with Crippen LogP contribution in [0.3, 0.4) is 0 Å². The Kier molecular flexibility index (Phi) is 6.21. The van der Waals surface area contributed by atoms with Crippen LogP contribution in [0.4, 0.5) is 4.79 Å². The second-order valence-corrected chi connectivity index (χ2v) is 4.74. The van der Waals surface area contributed by atoms with E-state index in [0.717, 1.165) is 6.42 Å². The molecule has 0 spiro atoms. The van der Waals surface area contributed by atoms with E-state index in [1.807, 2.05) is 23.8 Å². The van der Waals surface area contributed by atoms with E-state index in [2.05, 4.69) is 10.6 Å². The molecule has 0 aliphatic heterocycles. The van der Waals surface area contributed by atoms with Crippen molar-refractivity contribution in [3.63, 3.8) is 0 Å². The number of rotatable bonds is 7. The number of nitrogens with one attached hydrogen (secondary N) is 2. The Morgan fingerprint density at radius 1 is 1.50 bits per heavy atom. The van der Waals surface area contributed by atoms with Gasteiger partial charge in [0.05, 0.1) is 0 Å². The summed E-state index contributed by atoms with van der Waals surface area (Å²) in [5.41, 5.74) is 1.17. The minimum Gasteiger partial charge on any atom is -0.480 e. The van der Waals surface area contributed by atoms with E-state index in [0.29, 0.717) is 19.4 Å². The lowest BCUT2D eigenvalue weighted by Crippen LogP contribution is -2.46. The third-order valence-corrected chi connectivity index (χ3v) is 3.19. The van der Waals surface area contributed by atoms with Gasteiger partial charge in [-0.1, -0.05) is 13.3 Å². The zero-order valence-corrected chi connectivity index (χ0v) is 11.1. The summed E-state index contributed by atoms with van der Waals surface area (Å²) in [6.07, 6.45) is 1.90. The van der Waals surface area contributed by atoms with Crippen molar-refractivity contribution in [2.45, 2.75) is 32.2 Å². The molecular weight excluding hydrogens is 252 g/mol. The van der Waals surface area contributed by atoms with Crippen molar-refractivity contribution in [3.05, 3.63) is 22.4 Å². The van der Waals surface area contributed by atoms with Crippen LogP contribution in [-0.4, -0.2) is 29.7 Å². The molecule has 1 rings (SSSR count). The minimum atomic E-state index is -0.996. The smallest absolute Gasteiger partial charge is 0.326 e. The molecular formula is C12H18N2O3S. The molecule has 0 aliphatic carbocycles. The Morgan fingerprint density at radius 3 is 2.83 bits per heavy atom.